The van der Waals surface area contributed by atoms with Gasteiger partial charge in [0.05, 0.1) is 23.4 Å². The SMILES string of the molecule is CCCN1CC=C2C(C#N)=C(N)C(C#N)(C#N)[C@H](c3cccc(I)c3)[C@H]2C1. The Morgan fingerprint density at radius 2 is 2.04 bits per heavy atom. The molecular weight excluding hydrogens is 449 g/mol. The quantitative estimate of drug-likeness (QED) is 0.684. The van der Waals surface area contributed by atoms with E-state index in [0.717, 1.165) is 34.2 Å². The molecule has 1 aromatic carbocycles. The zero-order valence-electron chi connectivity index (χ0n) is 15.1. The van der Waals surface area contributed by atoms with Crippen LogP contribution >= 0.6 is 22.6 Å². The van der Waals surface area contributed by atoms with Gasteiger partial charge >= 0.3 is 0 Å². The Labute approximate surface area is 173 Å². The number of hydrogen-bond donors (Lipinski definition) is 1. The van der Waals surface area contributed by atoms with Gasteiger partial charge in [0.2, 0.25) is 0 Å². The summed E-state index contributed by atoms with van der Waals surface area (Å²) < 4.78 is 1.04. The van der Waals surface area contributed by atoms with E-state index in [1.807, 2.05) is 24.3 Å². The van der Waals surface area contributed by atoms with Gasteiger partial charge in [-0.2, -0.15) is 15.8 Å². The van der Waals surface area contributed by atoms with E-state index in [0.29, 0.717) is 12.1 Å². The Bertz CT molecular complexity index is 927. The Kier molecular flexibility index (Phi) is 5.56. The van der Waals surface area contributed by atoms with E-state index in [1.165, 1.54) is 0 Å². The van der Waals surface area contributed by atoms with Crippen molar-refractivity contribution in [2.45, 2.75) is 19.3 Å². The molecule has 1 aromatic rings. The first kappa shape index (κ1) is 19.4. The summed E-state index contributed by atoms with van der Waals surface area (Å²) in [6, 6.07) is 14.4. The Morgan fingerprint density at radius 3 is 2.63 bits per heavy atom. The number of halogens is 1. The predicted molar refractivity (Wildman–Crippen MR) is 111 cm³/mol. The van der Waals surface area contributed by atoms with Crippen LogP contribution in [0.15, 0.2) is 47.2 Å². The summed E-state index contributed by atoms with van der Waals surface area (Å²) >= 11 is 2.23. The second-order valence-corrected chi connectivity index (χ2v) is 8.24. The van der Waals surface area contributed by atoms with Crippen molar-refractivity contribution in [3.05, 3.63) is 56.3 Å². The van der Waals surface area contributed by atoms with Crippen molar-refractivity contribution >= 4 is 22.6 Å². The van der Waals surface area contributed by atoms with Gasteiger partial charge in [-0.05, 0) is 58.8 Å². The number of nitriles is 3. The van der Waals surface area contributed by atoms with E-state index in [1.54, 1.807) is 0 Å². The summed E-state index contributed by atoms with van der Waals surface area (Å²) in [6.45, 7) is 4.53. The molecule has 27 heavy (non-hydrogen) atoms. The highest BCUT2D eigenvalue weighted by Gasteiger charge is 2.54. The summed E-state index contributed by atoms with van der Waals surface area (Å²) in [7, 11) is 0. The van der Waals surface area contributed by atoms with Crippen LogP contribution in [0.3, 0.4) is 0 Å². The van der Waals surface area contributed by atoms with E-state index in [4.69, 9.17) is 5.73 Å². The monoisotopic (exact) mass is 469 g/mol. The number of fused-ring (bicyclic) bond motifs is 1. The average molecular weight is 469 g/mol. The van der Waals surface area contributed by atoms with Crippen LogP contribution in [0.5, 0.6) is 0 Å². The molecule has 0 saturated heterocycles. The minimum absolute atomic E-state index is 0.0882. The lowest BCUT2D eigenvalue weighted by atomic mass is 9.58. The van der Waals surface area contributed by atoms with E-state index in [-0.39, 0.29) is 11.6 Å². The van der Waals surface area contributed by atoms with E-state index >= 15 is 0 Å². The molecule has 0 fully saturated rings. The van der Waals surface area contributed by atoms with E-state index < -0.39 is 11.3 Å². The standard InChI is InChI=1S/C21H20IN5/c1-2-7-27-8-6-16-17(10-23)20(26)21(12-24,13-25)19(18(16)11-27)14-4-3-5-15(22)9-14/h3-6,9,18-19H,2,7-8,11,26H2,1H3/t18-,19+/m0/s1. The molecule has 1 aliphatic carbocycles. The molecule has 0 aromatic heterocycles. The fraction of sp³-hybridized carbons (Fsp3) is 0.381. The van der Waals surface area contributed by atoms with Crippen molar-refractivity contribution in [3.8, 4) is 18.2 Å². The highest BCUT2D eigenvalue weighted by molar-refractivity contribution is 14.1. The van der Waals surface area contributed by atoms with Crippen LogP contribution < -0.4 is 5.73 Å². The lowest BCUT2D eigenvalue weighted by Gasteiger charge is -2.45. The van der Waals surface area contributed by atoms with Crippen LogP contribution in [0.25, 0.3) is 0 Å². The van der Waals surface area contributed by atoms with Gasteiger partial charge in [0.25, 0.3) is 0 Å². The molecule has 0 amide bonds. The maximum Gasteiger partial charge on any atom is 0.191 e. The predicted octanol–water partition coefficient (Wildman–Crippen LogP) is 3.43. The topological polar surface area (TPSA) is 101 Å². The van der Waals surface area contributed by atoms with Gasteiger partial charge < -0.3 is 5.73 Å². The van der Waals surface area contributed by atoms with Crippen molar-refractivity contribution in [2.75, 3.05) is 19.6 Å². The second-order valence-electron chi connectivity index (χ2n) is 6.99. The van der Waals surface area contributed by atoms with Crippen molar-refractivity contribution in [1.29, 1.82) is 15.8 Å². The molecule has 1 heterocycles. The average Bonchev–Trinajstić information content (AvgIpc) is 2.67. The Balaban J connectivity index is 2.27. The number of rotatable bonds is 3. The summed E-state index contributed by atoms with van der Waals surface area (Å²) in [6.07, 6.45) is 3.07. The molecule has 0 unspecified atom stereocenters. The fourth-order valence-electron chi connectivity index (χ4n) is 4.31. The van der Waals surface area contributed by atoms with Crippen molar-refractivity contribution in [2.24, 2.45) is 17.1 Å². The first-order valence-corrected chi connectivity index (χ1v) is 10.0. The molecule has 2 aliphatic rings. The molecular formula is C21H20IN5. The zero-order valence-corrected chi connectivity index (χ0v) is 17.3. The van der Waals surface area contributed by atoms with Crippen LogP contribution in [0.1, 0.15) is 24.8 Å². The van der Waals surface area contributed by atoms with Crippen molar-refractivity contribution in [1.82, 2.24) is 4.90 Å². The number of benzene rings is 1. The van der Waals surface area contributed by atoms with Crippen LogP contribution in [0.2, 0.25) is 0 Å². The largest absolute Gasteiger partial charge is 0.399 e. The smallest absolute Gasteiger partial charge is 0.191 e. The molecule has 2 atom stereocenters. The van der Waals surface area contributed by atoms with Gasteiger partial charge in [-0.1, -0.05) is 25.1 Å². The molecule has 0 saturated carbocycles. The summed E-state index contributed by atoms with van der Waals surface area (Å²) in [5.41, 5.74) is 6.96. The molecule has 2 N–H and O–H groups in total. The van der Waals surface area contributed by atoms with Crippen molar-refractivity contribution < 1.29 is 0 Å². The second kappa shape index (κ2) is 7.72. The number of hydrogen-bond acceptors (Lipinski definition) is 5. The number of allylic oxidation sites excluding steroid dienone is 2. The first-order chi connectivity index (χ1) is 13.0. The maximum absolute atomic E-state index is 10.1. The first-order valence-electron chi connectivity index (χ1n) is 8.93. The molecule has 0 spiro atoms. The summed E-state index contributed by atoms with van der Waals surface area (Å²) in [5.74, 6) is -0.532. The molecule has 5 nitrogen and oxygen atoms in total. The molecule has 6 heteroatoms. The zero-order chi connectivity index (χ0) is 19.6. The molecule has 1 aliphatic heterocycles. The van der Waals surface area contributed by atoms with Gasteiger partial charge in [-0.25, -0.2) is 0 Å². The van der Waals surface area contributed by atoms with E-state index in [2.05, 4.69) is 58.7 Å². The summed E-state index contributed by atoms with van der Waals surface area (Å²) in [4.78, 5) is 2.31. The van der Waals surface area contributed by atoms with Crippen molar-refractivity contribution in [3.63, 3.8) is 0 Å². The lowest BCUT2D eigenvalue weighted by molar-refractivity contribution is 0.207. The Morgan fingerprint density at radius 1 is 1.30 bits per heavy atom. The highest BCUT2D eigenvalue weighted by atomic mass is 127. The normalized spacial score (nSPS) is 24.2. The van der Waals surface area contributed by atoms with Gasteiger partial charge in [-0.3, -0.25) is 4.90 Å². The number of nitrogens with two attached hydrogens (primary N) is 1. The maximum atomic E-state index is 10.1. The highest BCUT2D eigenvalue weighted by Crippen LogP contribution is 2.54. The summed E-state index contributed by atoms with van der Waals surface area (Å²) in [5, 5.41) is 29.8. The molecule has 0 bridgehead atoms. The van der Waals surface area contributed by atoms with Gasteiger partial charge in [-0.15, -0.1) is 0 Å². The van der Waals surface area contributed by atoms with Crippen LogP contribution in [-0.4, -0.2) is 24.5 Å². The van der Waals surface area contributed by atoms with Crippen LogP contribution in [-0.2, 0) is 0 Å². The molecule has 3 rings (SSSR count). The van der Waals surface area contributed by atoms with E-state index in [9.17, 15) is 15.8 Å². The molecule has 0 radical (unpaired) electrons. The third kappa shape index (κ3) is 3.12. The van der Waals surface area contributed by atoms with Gasteiger partial charge in [0, 0.05) is 28.5 Å². The molecule has 136 valence electrons. The van der Waals surface area contributed by atoms with Gasteiger partial charge in [0.1, 0.15) is 6.07 Å². The lowest BCUT2D eigenvalue weighted by Crippen LogP contribution is -2.48. The van der Waals surface area contributed by atoms with Crippen LogP contribution in [0.4, 0.5) is 0 Å². The number of nitrogens with zero attached hydrogens (tertiary/aromatic N) is 4. The Hall–Kier alpha value is -2.34. The van der Waals surface area contributed by atoms with Gasteiger partial charge in [0.15, 0.2) is 5.41 Å². The minimum Gasteiger partial charge on any atom is -0.399 e. The third-order valence-electron chi connectivity index (χ3n) is 5.49. The minimum atomic E-state index is -1.55. The van der Waals surface area contributed by atoms with Crippen LogP contribution in [0, 0.1) is 48.9 Å². The fourth-order valence-corrected chi connectivity index (χ4v) is 4.88. The third-order valence-corrected chi connectivity index (χ3v) is 6.16.